The summed E-state index contributed by atoms with van der Waals surface area (Å²) in [5, 5.41) is 8.44. The first-order valence-corrected chi connectivity index (χ1v) is 9.48. The van der Waals surface area contributed by atoms with Gasteiger partial charge < -0.3 is 0 Å². The smallest absolute Gasteiger partial charge is 0.266 e. The van der Waals surface area contributed by atoms with Crippen LogP contribution in [0.2, 0.25) is 10.0 Å². The summed E-state index contributed by atoms with van der Waals surface area (Å²) in [6, 6.07) is 6.80. The van der Waals surface area contributed by atoms with Crippen molar-refractivity contribution in [1.82, 2.24) is 29.3 Å². The quantitative estimate of drug-likeness (QED) is 0.646. The first kappa shape index (κ1) is 18.5. The molecule has 2 aromatic heterocycles. The molecule has 136 valence electrons. The van der Waals surface area contributed by atoms with Crippen LogP contribution in [0.4, 0.5) is 0 Å². The van der Waals surface area contributed by atoms with Gasteiger partial charge in [-0.3, -0.25) is 4.79 Å². The molecule has 0 unspecified atom stereocenters. The third kappa shape index (κ3) is 4.10. The molecular weight excluding hydrogens is 403 g/mol. The highest BCUT2D eigenvalue weighted by molar-refractivity contribution is 7.89. The van der Waals surface area contributed by atoms with Gasteiger partial charge in [0.15, 0.2) is 5.82 Å². The summed E-state index contributed by atoms with van der Waals surface area (Å²) in [6.45, 7) is -0.0157. The van der Waals surface area contributed by atoms with Crippen LogP contribution in [0.3, 0.4) is 0 Å². The van der Waals surface area contributed by atoms with Gasteiger partial charge in [-0.15, -0.1) is 5.10 Å². The number of nitrogens with zero attached hydrogens (tertiary/aromatic N) is 5. The van der Waals surface area contributed by atoms with Gasteiger partial charge >= 0.3 is 0 Å². The summed E-state index contributed by atoms with van der Waals surface area (Å²) >= 11 is 11.6. The van der Waals surface area contributed by atoms with Gasteiger partial charge in [-0.1, -0.05) is 23.2 Å². The lowest BCUT2D eigenvalue weighted by molar-refractivity contribution is 0.542. The second-order valence-corrected chi connectivity index (χ2v) is 7.65. The molecule has 3 aromatic rings. The van der Waals surface area contributed by atoms with Crippen LogP contribution >= 0.6 is 23.2 Å². The summed E-state index contributed by atoms with van der Waals surface area (Å²) in [5.74, 6) is 0.384. The van der Waals surface area contributed by atoms with Gasteiger partial charge in [-0.05, 0) is 24.3 Å². The average Bonchev–Trinajstić information content (AvgIpc) is 3.13. The molecule has 0 bridgehead atoms. The minimum absolute atomic E-state index is 0.0245. The molecule has 0 spiro atoms. The van der Waals surface area contributed by atoms with E-state index in [1.165, 1.54) is 47.7 Å². The molecule has 26 heavy (non-hydrogen) atoms. The predicted molar refractivity (Wildman–Crippen MR) is 95.1 cm³/mol. The van der Waals surface area contributed by atoms with Gasteiger partial charge in [0.25, 0.3) is 5.56 Å². The van der Waals surface area contributed by atoms with Crippen molar-refractivity contribution in [2.45, 2.75) is 11.4 Å². The lowest BCUT2D eigenvalue weighted by Crippen LogP contribution is -2.32. The Labute approximate surface area is 158 Å². The van der Waals surface area contributed by atoms with E-state index in [-0.39, 0.29) is 33.6 Å². The van der Waals surface area contributed by atoms with Crippen LogP contribution in [0.15, 0.2) is 52.7 Å². The van der Waals surface area contributed by atoms with Crippen LogP contribution in [0.1, 0.15) is 0 Å². The van der Waals surface area contributed by atoms with E-state index in [4.69, 9.17) is 23.2 Å². The fourth-order valence-electron chi connectivity index (χ4n) is 2.06. The monoisotopic (exact) mass is 414 g/mol. The van der Waals surface area contributed by atoms with Crippen molar-refractivity contribution in [3.8, 4) is 5.82 Å². The fraction of sp³-hybridized carbons (Fsp3) is 0.143. The summed E-state index contributed by atoms with van der Waals surface area (Å²) < 4.78 is 29.5. The normalized spacial score (nSPS) is 11.6. The Morgan fingerprint density at radius 2 is 1.92 bits per heavy atom. The summed E-state index contributed by atoms with van der Waals surface area (Å²) in [5.41, 5.74) is -0.373. The second-order valence-electron chi connectivity index (χ2n) is 5.07. The summed E-state index contributed by atoms with van der Waals surface area (Å²) in [4.78, 5) is 15.7. The highest BCUT2D eigenvalue weighted by Gasteiger charge is 2.15. The zero-order valence-electron chi connectivity index (χ0n) is 13.1. The first-order chi connectivity index (χ1) is 12.4. The number of hydrogen-bond donors (Lipinski definition) is 1. The highest BCUT2D eigenvalue weighted by atomic mass is 35.5. The van der Waals surface area contributed by atoms with Crippen LogP contribution in [-0.4, -0.2) is 39.5 Å². The number of benzene rings is 1. The number of aromatic nitrogens is 5. The molecule has 2 heterocycles. The number of nitrogens with one attached hydrogen (secondary N) is 1. The number of halogens is 2. The van der Waals surface area contributed by atoms with Crippen LogP contribution in [0.25, 0.3) is 5.82 Å². The number of hydrogen-bond acceptors (Lipinski definition) is 6. The maximum Gasteiger partial charge on any atom is 0.266 e. The molecule has 0 amide bonds. The maximum absolute atomic E-state index is 12.3. The molecule has 0 radical (unpaired) electrons. The third-order valence-electron chi connectivity index (χ3n) is 3.32. The van der Waals surface area contributed by atoms with Gasteiger partial charge in [0, 0.05) is 12.6 Å². The lowest BCUT2D eigenvalue weighted by Gasteiger charge is -2.09. The van der Waals surface area contributed by atoms with E-state index in [1.807, 2.05) is 0 Å². The fourth-order valence-corrected chi connectivity index (χ4v) is 3.47. The van der Waals surface area contributed by atoms with Crippen molar-refractivity contribution in [3.63, 3.8) is 0 Å². The number of sulfonamides is 1. The zero-order valence-corrected chi connectivity index (χ0v) is 15.4. The molecule has 0 aliphatic rings. The molecule has 12 heteroatoms. The largest absolute Gasteiger partial charge is 0.268 e. The molecule has 3 rings (SSSR count). The molecular formula is C14H12Cl2N6O3S. The maximum atomic E-state index is 12.3. The SMILES string of the molecule is O=c1ccc(-n2cncn2)nn1CCNS(=O)(=O)c1ccc(Cl)c(Cl)c1. The van der Waals surface area contributed by atoms with Gasteiger partial charge in [0.1, 0.15) is 12.7 Å². The van der Waals surface area contributed by atoms with Gasteiger partial charge in [-0.2, -0.15) is 5.10 Å². The lowest BCUT2D eigenvalue weighted by atomic mass is 10.4. The Kier molecular flexibility index (Phi) is 5.37. The van der Waals surface area contributed by atoms with Crippen molar-refractivity contribution in [2.24, 2.45) is 0 Å². The van der Waals surface area contributed by atoms with Gasteiger partial charge in [0.05, 0.1) is 21.5 Å². The molecule has 0 aliphatic carbocycles. The van der Waals surface area contributed by atoms with E-state index in [0.29, 0.717) is 5.82 Å². The third-order valence-corrected chi connectivity index (χ3v) is 5.52. The van der Waals surface area contributed by atoms with Crippen LogP contribution in [0.5, 0.6) is 0 Å². The van der Waals surface area contributed by atoms with Crippen molar-refractivity contribution < 1.29 is 8.42 Å². The standard InChI is InChI=1S/C14H12Cl2N6O3S/c15-11-2-1-10(7-12(11)16)26(24,25)19-5-6-21-14(23)4-3-13(20-21)22-9-17-8-18-22/h1-4,7-9,19H,5-6H2. The van der Waals surface area contributed by atoms with E-state index in [9.17, 15) is 13.2 Å². The minimum atomic E-state index is -3.80. The predicted octanol–water partition coefficient (Wildman–Crippen LogP) is 1.11. The Morgan fingerprint density at radius 1 is 1.12 bits per heavy atom. The average molecular weight is 415 g/mol. The van der Waals surface area contributed by atoms with Crippen molar-refractivity contribution in [3.05, 3.63) is 63.4 Å². The Bertz CT molecular complexity index is 1080. The molecule has 0 saturated heterocycles. The molecule has 0 aliphatic heterocycles. The molecule has 1 N–H and O–H groups in total. The van der Waals surface area contributed by atoms with Crippen LogP contribution in [0, 0.1) is 0 Å². The van der Waals surface area contributed by atoms with Crippen LogP contribution in [-0.2, 0) is 16.6 Å². The van der Waals surface area contributed by atoms with E-state index in [1.54, 1.807) is 0 Å². The van der Waals surface area contributed by atoms with E-state index < -0.39 is 10.0 Å². The molecule has 9 nitrogen and oxygen atoms in total. The Balaban J connectivity index is 1.72. The topological polar surface area (TPSA) is 112 Å². The second kappa shape index (κ2) is 7.54. The van der Waals surface area contributed by atoms with Crippen molar-refractivity contribution >= 4 is 33.2 Å². The minimum Gasteiger partial charge on any atom is -0.268 e. The first-order valence-electron chi connectivity index (χ1n) is 7.25. The molecule has 0 atom stereocenters. The zero-order chi connectivity index (χ0) is 18.7. The number of rotatable bonds is 6. The highest BCUT2D eigenvalue weighted by Crippen LogP contribution is 2.24. The van der Waals surface area contributed by atoms with Crippen molar-refractivity contribution in [1.29, 1.82) is 0 Å². The van der Waals surface area contributed by atoms with Crippen molar-refractivity contribution in [2.75, 3.05) is 6.54 Å². The van der Waals surface area contributed by atoms with E-state index >= 15 is 0 Å². The Hall–Kier alpha value is -2.27. The van der Waals surface area contributed by atoms with Crippen LogP contribution < -0.4 is 10.3 Å². The van der Waals surface area contributed by atoms with E-state index in [2.05, 4.69) is 19.9 Å². The summed E-state index contributed by atoms with van der Waals surface area (Å²) in [7, 11) is -3.80. The molecule has 0 saturated carbocycles. The molecule has 0 fully saturated rings. The summed E-state index contributed by atoms with van der Waals surface area (Å²) in [6.07, 6.45) is 2.77. The van der Waals surface area contributed by atoms with E-state index in [0.717, 1.165) is 4.68 Å². The molecule has 1 aromatic carbocycles. The van der Waals surface area contributed by atoms with Gasteiger partial charge in [0.2, 0.25) is 10.0 Å². The Morgan fingerprint density at radius 3 is 2.62 bits per heavy atom. The van der Waals surface area contributed by atoms with Gasteiger partial charge in [-0.25, -0.2) is 27.5 Å².